The average molecular weight is 373 g/mol. The van der Waals surface area contributed by atoms with Crippen LogP contribution in [-0.2, 0) is 0 Å². The zero-order valence-electron chi connectivity index (χ0n) is 12.8. The molecule has 114 valence electrons. The number of hydrogen-bond donors (Lipinski definition) is 0. The number of benzene rings is 4. The van der Waals surface area contributed by atoms with E-state index in [1.165, 1.54) is 21.9 Å². The van der Waals surface area contributed by atoms with Crippen LogP contribution in [-0.4, -0.2) is 0 Å². The normalized spacial score (nSPS) is 11.5. The lowest BCUT2D eigenvalue weighted by Crippen LogP contribution is -1.79. The second-order valence-corrected chi connectivity index (χ2v) is 6.84. The van der Waals surface area contributed by atoms with E-state index in [1.807, 2.05) is 6.07 Å². The third kappa shape index (κ3) is 2.07. The van der Waals surface area contributed by atoms with Gasteiger partial charge in [-0.2, -0.15) is 0 Å². The van der Waals surface area contributed by atoms with Crippen LogP contribution in [0.1, 0.15) is 0 Å². The molecule has 0 N–H and O–H groups in total. The summed E-state index contributed by atoms with van der Waals surface area (Å²) in [6.45, 7) is 0. The molecule has 5 rings (SSSR count). The van der Waals surface area contributed by atoms with Gasteiger partial charge in [-0.3, -0.25) is 0 Å². The lowest BCUT2D eigenvalue weighted by atomic mass is 10.0. The van der Waals surface area contributed by atoms with Crippen LogP contribution in [0.15, 0.2) is 87.8 Å². The Morgan fingerprint density at radius 3 is 2.17 bits per heavy atom. The van der Waals surface area contributed by atoms with Crippen LogP contribution in [0, 0.1) is 0 Å². The minimum absolute atomic E-state index is 0.927. The maximum Gasteiger partial charge on any atom is 0.136 e. The number of halogens is 1. The van der Waals surface area contributed by atoms with Crippen LogP contribution >= 0.6 is 15.9 Å². The maximum absolute atomic E-state index is 6.07. The first-order valence-electron chi connectivity index (χ1n) is 7.89. The quantitative estimate of drug-likeness (QED) is 0.304. The molecule has 0 aliphatic rings. The first kappa shape index (κ1) is 13.8. The standard InChI is InChI=1S/C22H13BrO/c23-20-8-4-3-7-17(20)16-9-10-21-18(12-16)19-11-14-5-1-2-6-15(14)13-22(19)24-21/h1-13H. The molecular weight excluding hydrogens is 360 g/mol. The van der Waals surface area contributed by atoms with E-state index in [2.05, 4.69) is 88.7 Å². The molecule has 0 saturated heterocycles. The van der Waals surface area contributed by atoms with Crippen molar-refractivity contribution in [1.29, 1.82) is 0 Å². The molecule has 0 aliphatic heterocycles. The van der Waals surface area contributed by atoms with E-state index in [4.69, 9.17) is 4.42 Å². The minimum atomic E-state index is 0.927. The molecule has 2 heteroatoms. The molecule has 1 aromatic heterocycles. The number of rotatable bonds is 1. The summed E-state index contributed by atoms with van der Waals surface area (Å²) < 4.78 is 7.17. The van der Waals surface area contributed by atoms with Crippen molar-refractivity contribution in [1.82, 2.24) is 0 Å². The Morgan fingerprint density at radius 2 is 1.33 bits per heavy atom. The largest absolute Gasteiger partial charge is 0.456 e. The molecule has 0 atom stereocenters. The minimum Gasteiger partial charge on any atom is -0.456 e. The van der Waals surface area contributed by atoms with Gasteiger partial charge in [0.15, 0.2) is 0 Å². The molecule has 1 nitrogen and oxygen atoms in total. The van der Waals surface area contributed by atoms with Crippen molar-refractivity contribution in [2.45, 2.75) is 0 Å². The summed E-state index contributed by atoms with van der Waals surface area (Å²) in [5.41, 5.74) is 4.24. The third-order valence-electron chi connectivity index (χ3n) is 4.52. The summed E-state index contributed by atoms with van der Waals surface area (Å²) in [5, 5.41) is 4.76. The van der Waals surface area contributed by atoms with Crippen molar-refractivity contribution < 1.29 is 4.42 Å². The second-order valence-electron chi connectivity index (χ2n) is 5.99. The van der Waals surface area contributed by atoms with Crippen LogP contribution in [0.4, 0.5) is 0 Å². The van der Waals surface area contributed by atoms with Crippen molar-refractivity contribution in [2.75, 3.05) is 0 Å². The van der Waals surface area contributed by atoms with Gasteiger partial charge < -0.3 is 4.42 Å². The maximum atomic E-state index is 6.07. The molecule has 0 amide bonds. The van der Waals surface area contributed by atoms with Crippen molar-refractivity contribution in [3.8, 4) is 11.1 Å². The van der Waals surface area contributed by atoms with Crippen LogP contribution < -0.4 is 0 Å². The second kappa shape index (κ2) is 5.22. The third-order valence-corrected chi connectivity index (χ3v) is 5.21. The van der Waals surface area contributed by atoms with Crippen molar-refractivity contribution >= 4 is 48.6 Å². The predicted octanol–water partition coefficient (Wildman–Crippen LogP) is 7.17. The van der Waals surface area contributed by atoms with Gasteiger partial charge in [0.05, 0.1) is 0 Å². The number of hydrogen-bond acceptors (Lipinski definition) is 1. The van der Waals surface area contributed by atoms with Gasteiger partial charge in [-0.15, -0.1) is 0 Å². The highest BCUT2D eigenvalue weighted by atomic mass is 79.9. The first-order chi connectivity index (χ1) is 11.8. The van der Waals surface area contributed by atoms with E-state index in [9.17, 15) is 0 Å². The Balaban J connectivity index is 1.83. The summed E-state index contributed by atoms with van der Waals surface area (Å²) in [6.07, 6.45) is 0. The Hall–Kier alpha value is -2.58. The van der Waals surface area contributed by atoms with Gasteiger partial charge in [0.25, 0.3) is 0 Å². The summed E-state index contributed by atoms with van der Waals surface area (Å²) in [6, 6.07) is 27.4. The number of fused-ring (bicyclic) bond motifs is 4. The summed E-state index contributed by atoms with van der Waals surface area (Å²) in [4.78, 5) is 0. The van der Waals surface area contributed by atoms with E-state index < -0.39 is 0 Å². The Bertz CT molecular complexity index is 1220. The van der Waals surface area contributed by atoms with E-state index in [0.717, 1.165) is 26.4 Å². The van der Waals surface area contributed by atoms with Gasteiger partial charge in [-0.05, 0) is 52.2 Å². The van der Waals surface area contributed by atoms with Gasteiger partial charge in [0.1, 0.15) is 11.2 Å². The lowest BCUT2D eigenvalue weighted by molar-refractivity contribution is 0.669. The topological polar surface area (TPSA) is 13.1 Å². The molecule has 5 aromatic rings. The van der Waals surface area contributed by atoms with Crippen LogP contribution in [0.5, 0.6) is 0 Å². The molecule has 0 spiro atoms. The Kier molecular flexibility index (Phi) is 3.00. The summed E-state index contributed by atoms with van der Waals surface area (Å²) in [7, 11) is 0. The van der Waals surface area contributed by atoms with Crippen LogP contribution in [0.3, 0.4) is 0 Å². The zero-order chi connectivity index (χ0) is 16.1. The fourth-order valence-electron chi connectivity index (χ4n) is 3.33. The molecule has 1 heterocycles. The molecule has 0 radical (unpaired) electrons. The van der Waals surface area contributed by atoms with E-state index in [-0.39, 0.29) is 0 Å². The molecule has 0 fully saturated rings. The van der Waals surface area contributed by atoms with Gasteiger partial charge in [0, 0.05) is 15.2 Å². The Morgan fingerprint density at radius 1 is 0.625 bits per heavy atom. The highest BCUT2D eigenvalue weighted by Gasteiger charge is 2.10. The fourth-order valence-corrected chi connectivity index (χ4v) is 3.84. The Labute approximate surface area is 147 Å². The average Bonchev–Trinajstić information content (AvgIpc) is 2.97. The predicted molar refractivity (Wildman–Crippen MR) is 104 cm³/mol. The number of furan rings is 1. The molecule has 0 saturated carbocycles. The van der Waals surface area contributed by atoms with Crippen molar-refractivity contribution in [3.05, 3.63) is 83.3 Å². The van der Waals surface area contributed by atoms with Crippen molar-refractivity contribution in [2.24, 2.45) is 0 Å². The van der Waals surface area contributed by atoms with E-state index in [0.29, 0.717) is 0 Å². The van der Waals surface area contributed by atoms with Crippen LogP contribution in [0.2, 0.25) is 0 Å². The van der Waals surface area contributed by atoms with Gasteiger partial charge in [0.2, 0.25) is 0 Å². The molecular formula is C22H13BrO. The molecule has 24 heavy (non-hydrogen) atoms. The van der Waals surface area contributed by atoms with Gasteiger partial charge >= 0.3 is 0 Å². The van der Waals surface area contributed by atoms with Gasteiger partial charge in [-0.1, -0.05) is 64.5 Å². The van der Waals surface area contributed by atoms with E-state index in [1.54, 1.807) is 0 Å². The monoisotopic (exact) mass is 372 g/mol. The SMILES string of the molecule is Brc1ccccc1-c1ccc2oc3cc4ccccc4cc3c2c1. The molecule has 0 unspecified atom stereocenters. The zero-order valence-corrected chi connectivity index (χ0v) is 14.4. The molecule has 0 bridgehead atoms. The van der Waals surface area contributed by atoms with Gasteiger partial charge in [-0.25, -0.2) is 0 Å². The van der Waals surface area contributed by atoms with Crippen LogP contribution in [0.25, 0.3) is 43.8 Å². The molecule has 4 aromatic carbocycles. The summed E-state index contributed by atoms with van der Waals surface area (Å²) >= 11 is 3.65. The highest BCUT2D eigenvalue weighted by Crippen LogP contribution is 2.36. The van der Waals surface area contributed by atoms with E-state index >= 15 is 0 Å². The lowest BCUT2D eigenvalue weighted by Gasteiger charge is -2.04. The first-order valence-corrected chi connectivity index (χ1v) is 8.69. The molecule has 0 aliphatic carbocycles. The van der Waals surface area contributed by atoms with Crippen molar-refractivity contribution in [3.63, 3.8) is 0 Å². The fraction of sp³-hybridized carbons (Fsp3) is 0. The summed E-state index contributed by atoms with van der Waals surface area (Å²) in [5.74, 6) is 0. The smallest absolute Gasteiger partial charge is 0.136 e. The highest BCUT2D eigenvalue weighted by molar-refractivity contribution is 9.10.